The molecule has 2 saturated carbocycles. The van der Waals surface area contributed by atoms with E-state index < -0.39 is 0 Å². The third kappa shape index (κ3) is 3.21. The van der Waals surface area contributed by atoms with E-state index >= 15 is 0 Å². The molecule has 0 radical (unpaired) electrons. The molecule has 0 bridgehead atoms. The van der Waals surface area contributed by atoms with Crippen LogP contribution in [-0.4, -0.2) is 0 Å². The van der Waals surface area contributed by atoms with E-state index in [0.717, 1.165) is 29.2 Å². The number of benzene rings is 1. The molecule has 0 aliphatic heterocycles. The van der Waals surface area contributed by atoms with E-state index in [1.54, 1.807) is 0 Å². The first-order valence-electron chi connectivity index (χ1n) is 8.43. The number of allylic oxidation sites excluding steroid dienone is 2. The summed E-state index contributed by atoms with van der Waals surface area (Å²) in [5.74, 6) is 3.44. The molecular formula is C20H25N. The van der Waals surface area contributed by atoms with Crippen LogP contribution in [0, 0.1) is 29.1 Å². The molecule has 0 amide bonds. The molecule has 4 atom stereocenters. The summed E-state index contributed by atoms with van der Waals surface area (Å²) in [6.07, 6.45) is 12.9. The van der Waals surface area contributed by atoms with E-state index in [1.807, 2.05) is 12.1 Å². The van der Waals surface area contributed by atoms with Gasteiger partial charge in [0.25, 0.3) is 0 Å². The Morgan fingerprint density at radius 1 is 1.00 bits per heavy atom. The summed E-state index contributed by atoms with van der Waals surface area (Å²) >= 11 is 0. The summed E-state index contributed by atoms with van der Waals surface area (Å²) in [6, 6.07) is 10.5. The molecule has 21 heavy (non-hydrogen) atoms. The zero-order valence-corrected chi connectivity index (χ0v) is 13.0. The molecule has 0 N–H and O–H groups in total. The molecule has 1 nitrogen and oxygen atoms in total. The Morgan fingerprint density at radius 2 is 1.71 bits per heavy atom. The summed E-state index contributed by atoms with van der Waals surface area (Å²) in [5, 5.41) is 8.91. The van der Waals surface area contributed by atoms with Gasteiger partial charge < -0.3 is 0 Å². The van der Waals surface area contributed by atoms with Crippen molar-refractivity contribution in [2.45, 2.75) is 51.4 Å². The number of nitriles is 1. The van der Waals surface area contributed by atoms with Crippen LogP contribution >= 0.6 is 0 Å². The van der Waals surface area contributed by atoms with Crippen molar-refractivity contribution in [1.29, 1.82) is 5.26 Å². The average Bonchev–Trinajstić information content (AvgIpc) is 2.55. The van der Waals surface area contributed by atoms with Crippen LogP contribution in [0.4, 0.5) is 0 Å². The highest BCUT2D eigenvalue weighted by atomic mass is 14.4. The Bertz CT molecular complexity index is 534. The number of nitrogens with zero attached hydrogens (tertiary/aromatic N) is 1. The summed E-state index contributed by atoms with van der Waals surface area (Å²) < 4.78 is 0. The fourth-order valence-corrected chi connectivity index (χ4v) is 4.50. The zero-order chi connectivity index (χ0) is 14.7. The number of rotatable bonds is 2. The van der Waals surface area contributed by atoms with Crippen molar-refractivity contribution in [3.8, 4) is 6.07 Å². The molecule has 1 aromatic rings. The van der Waals surface area contributed by atoms with Crippen LogP contribution in [0.2, 0.25) is 0 Å². The Labute approximate surface area is 128 Å². The van der Waals surface area contributed by atoms with Crippen molar-refractivity contribution in [1.82, 2.24) is 0 Å². The van der Waals surface area contributed by atoms with Crippen LogP contribution in [-0.2, 0) is 0 Å². The largest absolute Gasteiger partial charge is 0.192 e. The minimum Gasteiger partial charge on any atom is -0.192 e. The van der Waals surface area contributed by atoms with Gasteiger partial charge >= 0.3 is 0 Å². The first kappa shape index (κ1) is 14.4. The second kappa shape index (κ2) is 6.48. The summed E-state index contributed by atoms with van der Waals surface area (Å²) in [5.41, 5.74) is 2.22. The first-order chi connectivity index (χ1) is 10.3. The predicted molar refractivity (Wildman–Crippen MR) is 86.9 cm³/mol. The highest BCUT2D eigenvalue weighted by Gasteiger charge is 2.35. The minimum absolute atomic E-state index is 0.720. The molecular weight excluding hydrogens is 254 g/mol. The maximum atomic E-state index is 8.91. The summed E-state index contributed by atoms with van der Waals surface area (Å²) in [4.78, 5) is 0. The molecule has 0 spiro atoms. The van der Waals surface area contributed by atoms with Crippen molar-refractivity contribution in [3.05, 3.63) is 47.5 Å². The van der Waals surface area contributed by atoms with Gasteiger partial charge in [0.15, 0.2) is 0 Å². The Balaban J connectivity index is 1.64. The monoisotopic (exact) mass is 279 g/mol. The van der Waals surface area contributed by atoms with Crippen LogP contribution in [0.5, 0.6) is 0 Å². The molecule has 0 aromatic heterocycles. The van der Waals surface area contributed by atoms with Crippen LogP contribution in [0.1, 0.15) is 62.5 Å². The molecule has 1 unspecified atom stereocenters. The van der Waals surface area contributed by atoms with Gasteiger partial charge in [-0.1, -0.05) is 24.3 Å². The SMILES string of the molecule is CC=C[C@@H]1CC[C@@H]2CC(c3ccc(C#N)cc3)CC[C@@H]2C1. The van der Waals surface area contributed by atoms with Crippen LogP contribution < -0.4 is 0 Å². The van der Waals surface area contributed by atoms with Crippen molar-refractivity contribution >= 4 is 0 Å². The molecule has 2 aliphatic rings. The van der Waals surface area contributed by atoms with Gasteiger partial charge in [-0.15, -0.1) is 0 Å². The van der Waals surface area contributed by atoms with Crippen LogP contribution in [0.3, 0.4) is 0 Å². The van der Waals surface area contributed by atoms with Gasteiger partial charge in [0.2, 0.25) is 0 Å². The quantitative estimate of drug-likeness (QED) is 0.662. The van der Waals surface area contributed by atoms with Crippen molar-refractivity contribution in [2.75, 3.05) is 0 Å². The van der Waals surface area contributed by atoms with Crippen LogP contribution in [0.15, 0.2) is 36.4 Å². The lowest BCUT2D eigenvalue weighted by molar-refractivity contribution is 0.133. The second-order valence-electron chi connectivity index (χ2n) is 6.86. The topological polar surface area (TPSA) is 23.8 Å². The first-order valence-corrected chi connectivity index (χ1v) is 8.43. The van der Waals surface area contributed by atoms with Crippen molar-refractivity contribution in [2.24, 2.45) is 17.8 Å². The van der Waals surface area contributed by atoms with Gasteiger partial charge in [0.05, 0.1) is 11.6 Å². The van der Waals surface area contributed by atoms with Gasteiger partial charge in [-0.3, -0.25) is 0 Å². The maximum absolute atomic E-state index is 8.91. The predicted octanol–water partition coefficient (Wildman–Crippen LogP) is 5.43. The van der Waals surface area contributed by atoms with Crippen molar-refractivity contribution in [3.63, 3.8) is 0 Å². The molecule has 2 fully saturated rings. The van der Waals surface area contributed by atoms with E-state index in [4.69, 9.17) is 5.26 Å². The van der Waals surface area contributed by atoms with Gasteiger partial charge in [0.1, 0.15) is 0 Å². The molecule has 110 valence electrons. The number of fused-ring (bicyclic) bond motifs is 1. The third-order valence-corrected chi connectivity index (χ3v) is 5.63. The average molecular weight is 279 g/mol. The standard InChI is InChI=1S/C20H25N/c1-2-3-15-4-9-20-13-19(11-10-18(20)12-15)17-7-5-16(14-21)6-8-17/h2-3,5-8,15,18-20H,4,9-13H2,1H3/t15-,18-,19?,20-/m1/s1. The normalized spacial score (nSPS) is 32.6. The molecule has 0 heterocycles. The minimum atomic E-state index is 0.720. The fourth-order valence-electron chi connectivity index (χ4n) is 4.50. The lowest BCUT2D eigenvalue weighted by Crippen LogP contribution is -2.30. The lowest BCUT2D eigenvalue weighted by atomic mass is 9.64. The van der Waals surface area contributed by atoms with Gasteiger partial charge in [-0.2, -0.15) is 5.26 Å². The molecule has 1 aromatic carbocycles. The Hall–Kier alpha value is -1.55. The highest BCUT2D eigenvalue weighted by Crippen LogP contribution is 2.47. The van der Waals surface area contributed by atoms with Crippen LogP contribution in [0.25, 0.3) is 0 Å². The van der Waals surface area contributed by atoms with E-state index in [9.17, 15) is 0 Å². The maximum Gasteiger partial charge on any atom is 0.0991 e. The zero-order valence-electron chi connectivity index (χ0n) is 13.0. The van der Waals surface area contributed by atoms with Crippen molar-refractivity contribution < 1.29 is 0 Å². The van der Waals surface area contributed by atoms with Gasteiger partial charge in [-0.25, -0.2) is 0 Å². The fraction of sp³-hybridized carbons (Fsp3) is 0.550. The summed E-state index contributed by atoms with van der Waals surface area (Å²) in [6.45, 7) is 2.15. The van der Waals surface area contributed by atoms with Gasteiger partial charge in [0, 0.05) is 0 Å². The van der Waals surface area contributed by atoms with E-state index in [2.05, 4.69) is 37.3 Å². The highest BCUT2D eigenvalue weighted by molar-refractivity contribution is 5.33. The molecule has 0 saturated heterocycles. The summed E-state index contributed by atoms with van der Waals surface area (Å²) in [7, 11) is 0. The molecule has 1 heteroatoms. The Kier molecular flexibility index (Phi) is 4.44. The van der Waals surface area contributed by atoms with Gasteiger partial charge in [-0.05, 0) is 86.8 Å². The smallest absolute Gasteiger partial charge is 0.0991 e. The van der Waals surface area contributed by atoms with E-state index in [1.165, 1.54) is 44.1 Å². The Morgan fingerprint density at radius 3 is 2.43 bits per heavy atom. The molecule has 3 rings (SSSR count). The second-order valence-corrected chi connectivity index (χ2v) is 6.86. The molecule has 2 aliphatic carbocycles. The van der Waals surface area contributed by atoms with E-state index in [-0.39, 0.29) is 0 Å². The van der Waals surface area contributed by atoms with E-state index in [0.29, 0.717) is 0 Å². The third-order valence-electron chi connectivity index (χ3n) is 5.63. The number of hydrogen-bond donors (Lipinski definition) is 0. The lowest BCUT2D eigenvalue weighted by Gasteiger charge is -2.41. The number of hydrogen-bond acceptors (Lipinski definition) is 1.